The number of methoxy groups -OCH3 is 1. The Labute approximate surface area is 219 Å². The number of rotatable bonds is 9. The summed E-state index contributed by atoms with van der Waals surface area (Å²) in [7, 11) is 1.71. The molecule has 0 aliphatic heterocycles. The Morgan fingerprint density at radius 2 is 2.11 bits per heavy atom. The molecule has 37 heavy (non-hydrogen) atoms. The normalized spacial score (nSPS) is 14.6. The van der Waals surface area contributed by atoms with E-state index in [1.807, 2.05) is 47.3 Å². The van der Waals surface area contributed by atoms with Crippen LogP contribution in [0.25, 0.3) is 11.1 Å². The van der Waals surface area contributed by atoms with Crippen LogP contribution in [0.5, 0.6) is 0 Å². The van der Waals surface area contributed by atoms with Gasteiger partial charge in [-0.15, -0.1) is 11.3 Å². The molecule has 2 N–H and O–H groups in total. The molecule has 5 rings (SSSR count). The van der Waals surface area contributed by atoms with Gasteiger partial charge in [0.1, 0.15) is 0 Å². The van der Waals surface area contributed by atoms with Crippen molar-refractivity contribution < 1.29 is 9.53 Å². The number of aromatic nitrogens is 3. The van der Waals surface area contributed by atoms with E-state index < -0.39 is 0 Å². The number of hydrogen-bond donors (Lipinski definition) is 2. The largest absolute Gasteiger partial charge is 0.383 e. The van der Waals surface area contributed by atoms with E-state index in [1.165, 1.54) is 4.88 Å². The molecule has 0 saturated carbocycles. The highest BCUT2D eigenvalue weighted by molar-refractivity contribution is 7.15. The lowest BCUT2D eigenvalue weighted by molar-refractivity contribution is 0.102. The molecule has 0 spiro atoms. The standard InChI is InChI=1S/C28H28N6O2S/c1-36-12-11-30-24-9-10-25-26(14-24)37-28(32-25)33-27(35)22-4-2-3-20(13-22)17-34-18-23(16-31-34)21-7-5-19(15-29)6-8-21/h2-8,13,16,18,24,30H,9-12,14,17H2,1H3,(H,32,33,35). The zero-order valence-electron chi connectivity index (χ0n) is 20.6. The SMILES string of the molecule is COCCNC1CCc2nc(NC(=O)c3cccc(Cn4cc(-c5ccc(C#N)cc5)cn4)c3)sc2C1. The number of benzene rings is 2. The number of hydrogen-bond acceptors (Lipinski definition) is 7. The average molecular weight is 513 g/mol. The summed E-state index contributed by atoms with van der Waals surface area (Å²) in [6.45, 7) is 2.08. The van der Waals surface area contributed by atoms with Gasteiger partial charge in [-0.2, -0.15) is 10.4 Å². The number of fused-ring (bicyclic) bond motifs is 1. The average Bonchev–Trinajstić information content (AvgIpc) is 3.55. The highest BCUT2D eigenvalue weighted by Crippen LogP contribution is 2.30. The third-order valence-electron chi connectivity index (χ3n) is 6.41. The van der Waals surface area contributed by atoms with Crippen molar-refractivity contribution in [2.75, 3.05) is 25.6 Å². The molecule has 4 aromatic rings. The third-order valence-corrected chi connectivity index (χ3v) is 7.45. The smallest absolute Gasteiger partial charge is 0.257 e. The molecule has 2 aromatic carbocycles. The van der Waals surface area contributed by atoms with Crippen LogP contribution in [0.3, 0.4) is 0 Å². The van der Waals surface area contributed by atoms with Crippen molar-refractivity contribution in [3.8, 4) is 17.2 Å². The summed E-state index contributed by atoms with van der Waals surface area (Å²) in [4.78, 5) is 18.9. The Hall–Kier alpha value is -3.84. The lowest BCUT2D eigenvalue weighted by Crippen LogP contribution is -2.36. The summed E-state index contributed by atoms with van der Waals surface area (Å²) in [6, 6.07) is 17.6. The minimum atomic E-state index is -0.165. The Morgan fingerprint density at radius 1 is 1.24 bits per heavy atom. The predicted octanol–water partition coefficient (Wildman–Crippen LogP) is 4.27. The van der Waals surface area contributed by atoms with Gasteiger partial charge in [-0.1, -0.05) is 24.3 Å². The molecular weight excluding hydrogens is 484 g/mol. The molecular formula is C28H28N6O2S. The zero-order valence-corrected chi connectivity index (χ0v) is 21.4. The number of nitrogens with zero attached hydrogens (tertiary/aromatic N) is 4. The summed E-state index contributed by atoms with van der Waals surface area (Å²) >= 11 is 1.56. The van der Waals surface area contributed by atoms with E-state index in [4.69, 9.17) is 10.00 Å². The molecule has 0 radical (unpaired) electrons. The predicted molar refractivity (Wildman–Crippen MR) is 144 cm³/mol. The zero-order chi connectivity index (χ0) is 25.6. The number of nitrogens with one attached hydrogen (secondary N) is 2. The molecule has 2 aromatic heterocycles. The highest BCUT2D eigenvalue weighted by atomic mass is 32.1. The fourth-order valence-electron chi connectivity index (χ4n) is 4.47. The summed E-state index contributed by atoms with van der Waals surface area (Å²) in [5.74, 6) is -0.165. The number of ether oxygens (including phenoxy) is 1. The van der Waals surface area contributed by atoms with Gasteiger partial charge in [0.25, 0.3) is 5.91 Å². The molecule has 1 amide bonds. The summed E-state index contributed by atoms with van der Waals surface area (Å²) < 4.78 is 6.97. The second kappa shape index (κ2) is 11.5. The van der Waals surface area contributed by atoms with Crippen LogP contribution in [0, 0.1) is 11.3 Å². The molecule has 0 fully saturated rings. The Kier molecular flexibility index (Phi) is 7.70. The molecule has 1 unspecified atom stereocenters. The van der Waals surface area contributed by atoms with Gasteiger partial charge in [-0.25, -0.2) is 4.98 Å². The first-order valence-corrected chi connectivity index (χ1v) is 13.1. The maximum absolute atomic E-state index is 13.0. The first kappa shape index (κ1) is 24.8. The van der Waals surface area contributed by atoms with E-state index in [0.717, 1.165) is 48.2 Å². The van der Waals surface area contributed by atoms with E-state index in [-0.39, 0.29) is 5.91 Å². The fraction of sp³-hybridized carbons (Fsp3) is 0.286. The van der Waals surface area contributed by atoms with Gasteiger partial charge in [0, 0.05) is 41.9 Å². The summed E-state index contributed by atoms with van der Waals surface area (Å²) in [5, 5.41) is 20.6. The van der Waals surface area contributed by atoms with Crippen molar-refractivity contribution in [2.24, 2.45) is 0 Å². The molecule has 2 heterocycles. The molecule has 1 aliphatic carbocycles. The number of anilines is 1. The minimum absolute atomic E-state index is 0.165. The molecule has 0 saturated heterocycles. The van der Waals surface area contributed by atoms with Crippen molar-refractivity contribution >= 4 is 22.4 Å². The minimum Gasteiger partial charge on any atom is -0.383 e. The highest BCUT2D eigenvalue weighted by Gasteiger charge is 2.23. The van der Waals surface area contributed by atoms with Crippen molar-refractivity contribution in [1.29, 1.82) is 5.26 Å². The number of carbonyl (C=O) groups is 1. The number of carbonyl (C=O) groups excluding carboxylic acids is 1. The van der Waals surface area contributed by atoms with Crippen LogP contribution in [0.15, 0.2) is 60.9 Å². The van der Waals surface area contributed by atoms with Gasteiger partial charge >= 0.3 is 0 Å². The van der Waals surface area contributed by atoms with Crippen LogP contribution < -0.4 is 10.6 Å². The summed E-state index contributed by atoms with van der Waals surface area (Å²) in [5.41, 5.74) is 5.26. The third kappa shape index (κ3) is 6.12. The first-order chi connectivity index (χ1) is 18.1. The van der Waals surface area contributed by atoms with Crippen molar-refractivity contribution in [3.05, 3.63) is 88.2 Å². The fourth-order valence-corrected chi connectivity index (χ4v) is 5.55. The summed E-state index contributed by atoms with van der Waals surface area (Å²) in [6.07, 6.45) is 6.65. The Balaban J connectivity index is 1.21. The molecule has 9 heteroatoms. The number of amides is 1. The first-order valence-electron chi connectivity index (χ1n) is 12.3. The molecule has 1 aliphatic rings. The number of aryl methyl sites for hydroxylation is 1. The van der Waals surface area contributed by atoms with Crippen LogP contribution >= 0.6 is 11.3 Å². The lowest BCUT2D eigenvalue weighted by atomic mass is 9.98. The van der Waals surface area contributed by atoms with Gasteiger partial charge in [0.2, 0.25) is 0 Å². The molecule has 0 bridgehead atoms. The molecule has 1 atom stereocenters. The van der Waals surface area contributed by atoms with Crippen LogP contribution in [0.4, 0.5) is 5.13 Å². The lowest BCUT2D eigenvalue weighted by Gasteiger charge is -2.22. The van der Waals surface area contributed by atoms with Gasteiger partial charge in [-0.05, 0) is 54.7 Å². The van der Waals surface area contributed by atoms with E-state index in [9.17, 15) is 4.79 Å². The number of thiazole rings is 1. The van der Waals surface area contributed by atoms with E-state index in [0.29, 0.717) is 35.5 Å². The maximum Gasteiger partial charge on any atom is 0.257 e. The van der Waals surface area contributed by atoms with Gasteiger partial charge < -0.3 is 10.1 Å². The van der Waals surface area contributed by atoms with Crippen LogP contribution in [0.1, 0.15) is 38.5 Å². The maximum atomic E-state index is 13.0. The van der Waals surface area contributed by atoms with Crippen LogP contribution in [-0.2, 0) is 24.1 Å². The van der Waals surface area contributed by atoms with E-state index in [1.54, 1.807) is 36.8 Å². The molecule has 8 nitrogen and oxygen atoms in total. The second-order valence-electron chi connectivity index (χ2n) is 9.05. The Bertz CT molecular complexity index is 1420. The van der Waals surface area contributed by atoms with Gasteiger partial charge in [0.15, 0.2) is 5.13 Å². The van der Waals surface area contributed by atoms with Gasteiger partial charge in [0.05, 0.1) is 36.7 Å². The van der Waals surface area contributed by atoms with E-state index in [2.05, 4.69) is 26.8 Å². The quantitative estimate of drug-likeness (QED) is 0.325. The molecule has 188 valence electrons. The topological polar surface area (TPSA) is 105 Å². The van der Waals surface area contributed by atoms with E-state index >= 15 is 0 Å². The second-order valence-corrected chi connectivity index (χ2v) is 10.1. The Morgan fingerprint density at radius 3 is 2.92 bits per heavy atom. The number of nitriles is 1. The monoisotopic (exact) mass is 512 g/mol. The van der Waals surface area contributed by atoms with Crippen molar-refractivity contribution in [3.63, 3.8) is 0 Å². The van der Waals surface area contributed by atoms with Crippen molar-refractivity contribution in [1.82, 2.24) is 20.1 Å². The van der Waals surface area contributed by atoms with Gasteiger partial charge in [-0.3, -0.25) is 14.8 Å². The van der Waals surface area contributed by atoms with Crippen LogP contribution in [0.2, 0.25) is 0 Å². The van der Waals surface area contributed by atoms with Crippen LogP contribution in [-0.4, -0.2) is 47.0 Å². The van der Waals surface area contributed by atoms with Crippen molar-refractivity contribution in [2.45, 2.75) is 31.8 Å².